The molecule has 2 rings (SSSR count). The fourth-order valence-corrected chi connectivity index (χ4v) is 2.35. The number of hydroxylamine groups is 2. The minimum Gasteiger partial charge on any atom is -0.481 e. The van der Waals surface area contributed by atoms with E-state index < -0.39 is 17.6 Å². The summed E-state index contributed by atoms with van der Waals surface area (Å²) in [6.07, 6.45) is 2.01. The zero-order valence-corrected chi connectivity index (χ0v) is 12.9. The largest absolute Gasteiger partial charge is 0.481 e. The van der Waals surface area contributed by atoms with E-state index in [1.807, 2.05) is 24.3 Å². The van der Waals surface area contributed by atoms with Crippen LogP contribution in [0.5, 0.6) is 0 Å². The van der Waals surface area contributed by atoms with E-state index in [0.29, 0.717) is 12.0 Å². The lowest BCUT2D eigenvalue weighted by molar-refractivity contribution is -0.234. The number of amides is 1. The first kappa shape index (κ1) is 16.0. The summed E-state index contributed by atoms with van der Waals surface area (Å²) in [4.78, 5) is 31.4. The van der Waals surface area contributed by atoms with Crippen LogP contribution in [0.3, 0.4) is 0 Å². The van der Waals surface area contributed by atoms with E-state index in [1.165, 1.54) is 0 Å². The van der Waals surface area contributed by atoms with Gasteiger partial charge >= 0.3 is 5.97 Å². The summed E-state index contributed by atoms with van der Waals surface area (Å²) in [5.74, 6) is -1.00. The highest BCUT2D eigenvalue weighted by Gasteiger charge is 2.29. The summed E-state index contributed by atoms with van der Waals surface area (Å²) in [6.45, 7) is 5.41. The van der Waals surface area contributed by atoms with Crippen LogP contribution in [0.2, 0.25) is 0 Å². The van der Waals surface area contributed by atoms with Crippen LogP contribution >= 0.6 is 0 Å². The maximum absolute atomic E-state index is 11.4. The molecule has 0 aliphatic carbocycles. The van der Waals surface area contributed by atoms with Gasteiger partial charge in [-0.15, -0.1) is 0 Å². The van der Waals surface area contributed by atoms with Crippen LogP contribution in [0.4, 0.5) is 0 Å². The third kappa shape index (κ3) is 3.65. The predicted octanol–water partition coefficient (Wildman–Crippen LogP) is 2.87. The lowest BCUT2D eigenvalue weighted by atomic mass is 10.0. The van der Waals surface area contributed by atoms with Crippen molar-refractivity contribution in [2.75, 3.05) is 0 Å². The van der Waals surface area contributed by atoms with Gasteiger partial charge in [0, 0.05) is 22.7 Å². The number of hydrogen-bond acceptors (Lipinski definition) is 3. The Balaban J connectivity index is 2.44. The van der Waals surface area contributed by atoms with E-state index in [1.54, 1.807) is 27.0 Å². The molecule has 1 atom stereocenters. The van der Waals surface area contributed by atoms with Gasteiger partial charge < -0.3 is 10.1 Å². The van der Waals surface area contributed by atoms with Crippen molar-refractivity contribution in [1.29, 1.82) is 0 Å². The van der Waals surface area contributed by atoms with Gasteiger partial charge in [0.2, 0.25) is 6.41 Å². The summed E-state index contributed by atoms with van der Waals surface area (Å²) in [5.41, 5.74) is 0.993. The molecule has 0 fully saturated rings. The van der Waals surface area contributed by atoms with Gasteiger partial charge in [0.15, 0.2) is 0 Å². The maximum atomic E-state index is 11.4. The Bertz CT molecular complexity index is 672. The van der Waals surface area contributed by atoms with E-state index in [-0.39, 0.29) is 6.42 Å². The van der Waals surface area contributed by atoms with Crippen LogP contribution in [0, 0.1) is 0 Å². The molecule has 22 heavy (non-hydrogen) atoms. The minimum atomic E-state index is -1.00. The van der Waals surface area contributed by atoms with Crippen molar-refractivity contribution in [3.8, 4) is 0 Å². The van der Waals surface area contributed by atoms with Gasteiger partial charge in [-0.1, -0.05) is 18.2 Å². The maximum Gasteiger partial charge on any atom is 0.305 e. The number of aromatic nitrogens is 1. The highest BCUT2D eigenvalue weighted by Crippen LogP contribution is 2.31. The smallest absolute Gasteiger partial charge is 0.305 e. The lowest BCUT2D eigenvalue weighted by Crippen LogP contribution is -2.36. The third-order valence-corrected chi connectivity index (χ3v) is 3.14. The lowest BCUT2D eigenvalue weighted by Gasteiger charge is -2.32. The van der Waals surface area contributed by atoms with Gasteiger partial charge in [-0.05, 0) is 26.8 Å². The molecule has 0 saturated carbocycles. The molecular formula is C16H20N2O4. The van der Waals surface area contributed by atoms with E-state index in [4.69, 9.17) is 4.84 Å². The average molecular weight is 304 g/mol. The predicted molar refractivity (Wildman–Crippen MR) is 82.0 cm³/mol. The minimum absolute atomic E-state index is 0.239. The van der Waals surface area contributed by atoms with Crippen molar-refractivity contribution >= 4 is 23.3 Å². The number of benzene rings is 1. The molecule has 1 heterocycles. The average Bonchev–Trinajstić information content (AvgIpc) is 2.85. The van der Waals surface area contributed by atoms with Crippen LogP contribution in [-0.4, -0.2) is 33.1 Å². The number of carboxylic acid groups (broad SMARTS) is 1. The molecule has 0 radical (unpaired) electrons. The SMILES string of the molecule is CC(C)(C)ON(C=O)C(CC(=O)O)c1c[nH]c2ccccc12. The first-order valence-corrected chi connectivity index (χ1v) is 7.02. The van der Waals surface area contributed by atoms with Crippen LogP contribution < -0.4 is 0 Å². The van der Waals surface area contributed by atoms with Crippen molar-refractivity contribution < 1.29 is 19.5 Å². The van der Waals surface area contributed by atoms with Gasteiger partial charge in [0.05, 0.1) is 18.1 Å². The molecule has 2 N–H and O–H groups in total. The number of H-pyrrole nitrogens is 1. The van der Waals surface area contributed by atoms with Crippen molar-refractivity contribution in [2.45, 2.75) is 38.8 Å². The quantitative estimate of drug-likeness (QED) is 0.635. The van der Waals surface area contributed by atoms with Gasteiger partial charge in [-0.2, -0.15) is 0 Å². The Labute approximate surface area is 128 Å². The summed E-state index contributed by atoms with van der Waals surface area (Å²) < 4.78 is 0. The molecular weight excluding hydrogens is 284 g/mol. The Kier molecular flexibility index (Phi) is 4.51. The first-order chi connectivity index (χ1) is 10.3. The van der Waals surface area contributed by atoms with E-state index >= 15 is 0 Å². The Morgan fingerprint density at radius 1 is 1.41 bits per heavy atom. The molecule has 2 aromatic rings. The monoisotopic (exact) mass is 304 g/mol. The van der Waals surface area contributed by atoms with Gasteiger partial charge in [-0.3, -0.25) is 14.4 Å². The topological polar surface area (TPSA) is 82.6 Å². The zero-order chi connectivity index (χ0) is 16.3. The summed E-state index contributed by atoms with van der Waals surface area (Å²) in [5, 5.41) is 11.1. The number of rotatable bonds is 6. The molecule has 1 amide bonds. The first-order valence-electron chi connectivity index (χ1n) is 7.02. The van der Waals surface area contributed by atoms with E-state index in [0.717, 1.165) is 16.0 Å². The fraction of sp³-hybridized carbons (Fsp3) is 0.375. The number of aliphatic carboxylic acids is 1. The van der Waals surface area contributed by atoms with Crippen LogP contribution in [-0.2, 0) is 14.4 Å². The van der Waals surface area contributed by atoms with Crippen molar-refractivity contribution in [2.24, 2.45) is 0 Å². The third-order valence-electron chi connectivity index (χ3n) is 3.14. The van der Waals surface area contributed by atoms with Crippen LogP contribution in [0.1, 0.15) is 38.8 Å². The van der Waals surface area contributed by atoms with Crippen molar-refractivity contribution in [1.82, 2.24) is 10.0 Å². The van der Waals surface area contributed by atoms with Gasteiger partial charge in [0.1, 0.15) is 0 Å². The second kappa shape index (κ2) is 6.19. The number of carbonyl (C=O) groups excluding carboxylic acids is 1. The zero-order valence-electron chi connectivity index (χ0n) is 12.9. The molecule has 6 heteroatoms. The molecule has 1 unspecified atom stereocenters. The normalized spacial score (nSPS) is 13.0. The number of carbonyl (C=O) groups is 2. The second-order valence-corrected chi connectivity index (χ2v) is 6.07. The molecule has 1 aromatic heterocycles. The number of fused-ring (bicyclic) bond motifs is 1. The van der Waals surface area contributed by atoms with E-state index in [9.17, 15) is 14.7 Å². The Morgan fingerprint density at radius 3 is 2.68 bits per heavy atom. The Hall–Kier alpha value is -2.34. The molecule has 118 valence electrons. The molecule has 0 aliphatic rings. The molecule has 0 aliphatic heterocycles. The summed E-state index contributed by atoms with van der Waals surface area (Å²) in [7, 11) is 0. The molecule has 6 nitrogen and oxygen atoms in total. The molecule has 0 spiro atoms. The number of carboxylic acids is 1. The molecule has 0 saturated heterocycles. The fourth-order valence-electron chi connectivity index (χ4n) is 2.35. The standard InChI is InChI=1S/C16H20N2O4/c1-16(2,3)22-18(10-19)14(8-15(20)21)12-9-17-13-7-5-4-6-11(12)13/h4-7,9-10,14,17H,8H2,1-3H3,(H,20,21). The van der Waals surface area contributed by atoms with Crippen LogP contribution in [0.15, 0.2) is 30.5 Å². The van der Waals surface area contributed by atoms with Crippen molar-refractivity contribution in [3.63, 3.8) is 0 Å². The van der Waals surface area contributed by atoms with E-state index in [2.05, 4.69) is 4.98 Å². The van der Waals surface area contributed by atoms with Gasteiger partial charge in [0.25, 0.3) is 0 Å². The second-order valence-electron chi connectivity index (χ2n) is 6.07. The highest BCUT2D eigenvalue weighted by atomic mass is 16.7. The van der Waals surface area contributed by atoms with Crippen LogP contribution in [0.25, 0.3) is 10.9 Å². The van der Waals surface area contributed by atoms with Crippen molar-refractivity contribution in [3.05, 3.63) is 36.0 Å². The number of para-hydroxylation sites is 1. The molecule has 0 bridgehead atoms. The number of aromatic amines is 1. The number of nitrogens with zero attached hydrogens (tertiary/aromatic N) is 1. The molecule has 1 aromatic carbocycles. The summed E-state index contributed by atoms with van der Waals surface area (Å²) >= 11 is 0. The Morgan fingerprint density at radius 2 is 2.09 bits per heavy atom. The number of hydrogen-bond donors (Lipinski definition) is 2. The van der Waals surface area contributed by atoms with Gasteiger partial charge in [-0.25, -0.2) is 5.06 Å². The highest BCUT2D eigenvalue weighted by molar-refractivity contribution is 5.84. The number of nitrogens with one attached hydrogen (secondary N) is 1. The summed E-state index contributed by atoms with van der Waals surface area (Å²) in [6, 6.07) is 6.83.